The van der Waals surface area contributed by atoms with Crippen molar-refractivity contribution in [2.75, 3.05) is 13.1 Å². The topological polar surface area (TPSA) is 44.9 Å². The SMILES string of the molecule is CC[NH+]1CCc2cccc3c2[C@H]1Cc1ccc(O)c(O)c1-3.[Cl-]. The van der Waals surface area contributed by atoms with E-state index in [9.17, 15) is 10.2 Å². The van der Waals surface area contributed by atoms with Gasteiger partial charge in [0.2, 0.25) is 0 Å². The minimum Gasteiger partial charge on any atom is -1.00 e. The summed E-state index contributed by atoms with van der Waals surface area (Å²) in [5, 5.41) is 20.2. The van der Waals surface area contributed by atoms with E-state index in [1.54, 1.807) is 11.0 Å². The van der Waals surface area contributed by atoms with Crippen molar-refractivity contribution in [1.82, 2.24) is 0 Å². The molecule has 3 nitrogen and oxygen atoms in total. The summed E-state index contributed by atoms with van der Waals surface area (Å²) in [4.78, 5) is 1.62. The molecule has 4 heteroatoms. The third-order valence-corrected chi connectivity index (χ3v) is 5.14. The van der Waals surface area contributed by atoms with E-state index in [1.165, 1.54) is 17.7 Å². The Labute approximate surface area is 136 Å². The zero-order chi connectivity index (χ0) is 14.6. The fraction of sp³-hybridized carbons (Fsp3) is 0.333. The van der Waals surface area contributed by atoms with Crippen molar-refractivity contribution in [2.24, 2.45) is 0 Å². The maximum absolute atomic E-state index is 10.3. The van der Waals surface area contributed by atoms with Crippen LogP contribution in [0.5, 0.6) is 11.5 Å². The number of phenols is 2. The number of hydrogen-bond donors (Lipinski definition) is 3. The molecule has 3 N–H and O–H groups in total. The van der Waals surface area contributed by atoms with Crippen LogP contribution in [0.2, 0.25) is 0 Å². The second kappa shape index (κ2) is 5.49. The van der Waals surface area contributed by atoms with Crippen LogP contribution in [-0.2, 0) is 12.8 Å². The summed E-state index contributed by atoms with van der Waals surface area (Å²) >= 11 is 0. The van der Waals surface area contributed by atoms with Gasteiger partial charge in [-0.25, -0.2) is 0 Å². The lowest BCUT2D eigenvalue weighted by molar-refractivity contribution is -0.932. The average Bonchev–Trinajstić information content (AvgIpc) is 2.51. The molecule has 0 saturated carbocycles. The van der Waals surface area contributed by atoms with Gasteiger partial charge in [0, 0.05) is 24.0 Å². The maximum atomic E-state index is 10.3. The number of benzene rings is 2. The van der Waals surface area contributed by atoms with E-state index in [0.29, 0.717) is 6.04 Å². The van der Waals surface area contributed by atoms with Crippen LogP contribution in [0.3, 0.4) is 0 Å². The molecule has 1 aliphatic heterocycles. The summed E-state index contributed by atoms with van der Waals surface area (Å²) in [6.45, 7) is 4.54. The van der Waals surface area contributed by atoms with Crippen LogP contribution < -0.4 is 17.3 Å². The van der Waals surface area contributed by atoms with Gasteiger partial charge >= 0.3 is 0 Å². The number of rotatable bonds is 1. The largest absolute Gasteiger partial charge is 1.00 e. The van der Waals surface area contributed by atoms with Gasteiger partial charge in [-0.1, -0.05) is 24.3 Å². The molecule has 0 amide bonds. The van der Waals surface area contributed by atoms with Gasteiger partial charge in [-0.3, -0.25) is 0 Å². The highest BCUT2D eigenvalue weighted by molar-refractivity contribution is 5.81. The van der Waals surface area contributed by atoms with E-state index in [1.807, 2.05) is 6.07 Å². The molecule has 0 fully saturated rings. The third kappa shape index (κ3) is 2.00. The minimum atomic E-state index is -0.0275. The van der Waals surface area contributed by atoms with Gasteiger partial charge in [0.15, 0.2) is 11.5 Å². The molecule has 0 spiro atoms. The predicted octanol–water partition coefficient (Wildman–Crippen LogP) is -1.17. The molecule has 2 atom stereocenters. The molecular weight excluding hydrogens is 298 g/mol. The van der Waals surface area contributed by atoms with Gasteiger partial charge in [0.25, 0.3) is 0 Å². The first-order valence-electron chi connectivity index (χ1n) is 7.71. The Bertz CT molecular complexity index is 729. The normalized spacial score (nSPS) is 21.5. The van der Waals surface area contributed by atoms with Crippen molar-refractivity contribution in [3.05, 3.63) is 47.0 Å². The standard InChI is InChI=1S/C18H19NO2.ClH/c1-2-19-9-8-11-4-3-5-13-16(11)14(19)10-12-6-7-15(20)18(21)17(12)13;/h3-7,14,20-21H,2,8-10H2,1H3;1H/t14-;/m1./s1. The van der Waals surface area contributed by atoms with E-state index in [2.05, 4.69) is 25.1 Å². The fourth-order valence-electron chi connectivity index (χ4n) is 4.12. The second-order valence-corrected chi connectivity index (χ2v) is 6.11. The van der Waals surface area contributed by atoms with Gasteiger partial charge in [-0.15, -0.1) is 0 Å². The van der Waals surface area contributed by atoms with Crippen molar-refractivity contribution in [3.63, 3.8) is 0 Å². The van der Waals surface area contributed by atoms with Crippen molar-refractivity contribution in [3.8, 4) is 22.6 Å². The quantitative estimate of drug-likeness (QED) is 0.580. The number of fused-ring (bicyclic) bond motifs is 2. The van der Waals surface area contributed by atoms with Gasteiger partial charge in [-0.2, -0.15) is 0 Å². The van der Waals surface area contributed by atoms with E-state index in [4.69, 9.17) is 0 Å². The summed E-state index contributed by atoms with van der Waals surface area (Å²) in [5.41, 5.74) is 5.88. The Morgan fingerprint density at radius 2 is 1.95 bits per heavy atom. The Morgan fingerprint density at radius 3 is 2.73 bits per heavy atom. The molecule has 2 aliphatic rings. The van der Waals surface area contributed by atoms with Gasteiger partial charge < -0.3 is 27.5 Å². The highest BCUT2D eigenvalue weighted by Gasteiger charge is 2.37. The lowest BCUT2D eigenvalue weighted by atomic mass is 9.77. The molecule has 116 valence electrons. The second-order valence-electron chi connectivity index (χ2n) is 6.11. The van der Waals surface area contributed by atoms with Crippen molar-refractivity contribution < 1.29 is 27.5 Å². The number of halogens is 1. The van der Waals surface area contributed by atoms with Gasteiger partial charge in [-0.05, 0) is 29.7 Å². The van der Waals surface area contributed by atoms with E-state index >= 15 is 0 Å². The van der Waals surface area contributed by atoms with E-state index < -0.39 is 0 Å². The summed E-state index contributed by atoms with van der Waals surface area (Å²) in [5.74, 6) is 0.00304. The third-order valence-electron chi connectivity index (χ3n) is 5.14. The molecular formula is C18H20ClNO2. The van der Waals surface area contributed by atoms with Crippen molar-refractivity contribution in [2.45, 2.75) is 25.8 Å². The number of aromatic hydroxyl groups is 2. The molecule has 1 aliphatic carbocycles. The Kier molecular flexibility index (Phi) is 3.79. The molecule has 0 bridgehead atoms. The molecule has 1 heterocycles. The van der Waals surface area contributed by atoms with Gasteiger partial charge in [0.05, 0.1) is 13.1 Å². The lowest BCUT2D eigenvalue weighted by Crippen LogP contribution is -3.13. The first-order chi connectivity index (χ1) is 10.2. The number of likely N-dealkylation sites (N-methyl/N-ethyl adjacent to an activating group) is 1. The van der Waals surface area contributed by atoms with E-state index in [-0.39, 0.29) is 23.9 Å². The molecule has 2 aromatic carbocycles. The number of nitrogens with one attached hydrogen (secondary N) is 1. The van der Waals surface area contributed by atoms with Crippen LogP contribution in [0.1, 0.15) is 29.7 Å². The number of phenolic OH excluding ortho intramolecular Hbond substituents is 2. The smallest absolute Gasteiger partial charge is 0.165 e. The summed E-state index contributed by atoms with van der Waals surface area (Å²) in [6, 6.07) is 10.4. The lowest BCUT2D eigenvalue weighted by Gasteiger charge is -2.38. The van der Waals surface area contributed by atoms with Crippen LogP contribution >= 0.6 is 0 Å². The Hall–Kier alpha value is -1.71. The Balaban J connectivity index is 0.00000144. The Morgan fingerprint density at radius 1 is 1.14 bits per heavy atom. The van der Waals surface area contributed by atoms with Crippen molar-refractivity contribution in [1.29, 1.82) is 0 Å². The number of quaternary nitrogens is 1. The monoisotopic (exact) mass is 317 g/mol. The molecule has 0 saturated heterocycles. The van der Waals surface area contributed by atoms with Crippen molar-refractivity contribution >= 4 is 0 Å². The molecule has 4 rings (SSSR count). The minimum absolute atomic E-state index is 0. The maximum Gasteiger partial charge on any atom is 0.165 e. The highest BCUT2D eigenvalue weighted by Crippen LogP contribution is 2.47. The fourth-order valence-corrected chi connectivity index (χ4v) is 4.12. The van der Waals surface area contributed by atoms with Crippen LogP contribution in [0.25, 0.3) is 11.1 Å². The molecule has 1 unspecified atom stereocenters. The molecule has 0 aromatic heterocycles. The molecule has 22 heavy (non-hydrogen) atoms. The zero-order valence-electron chi connectivity index (χ0n) is 12.6. The predicted molar refractivity (Wildman–Crippen MR) is 81.7 cm³/mol. The van der Waals surface area contributed by atoms with Crippen LogP contribution in [0, 0.1) is 0 Å². The van der Waals surface area contributed by atoms with E-state index in [0.717, 1.165) is 36.1 Å². The molecule has 2 aromatic rings. The highest BCUT2D eigenvalue weighted by atomic mass is 35.5. The summed E-state index contributed by atoms with van der Waals surface area (Å²) < 4.78 is 0. The summed E-state index contributed by atoms with van der Waals surface area (Å²) in [6.07, 6.45) is 2.04. The average molecular weight is 318 g/mol. The number of hydrogen-bond acceptors (Lipinski definition) is 2. The first kappa shape index (κ1) is 15.2. The van der Waals surface area contributed by atoms with Crippen LogP contribution in [0.4, 0.5) is 0 Å². The summed E-state index contributed by atoms with van der Waals surface area (Å²) in [7, 11) is 0. The van der Waals surface area contributed by atoms with Crippen LogP contribution in [-0.4, -0.2) is 23.3 Å². The van der Waals surface area contributed by atoms with Crippen LogP contribution in [0.15, 0.2) is 30.3 Å². The zero-order valence-corrected chi connectivity index (χ0v) is 13.3. The van der Waals surface area contributed by atoms with Gasteiger partial charge in [0.1, 0.15) is 6.04 Å². The first-order valence-corrected chi connectivity index (χ1v) is 7.71. The molecule has 0 radical (unpaired) electrons.